The van der Waals surface area contributed by atoms with Gasteiger partial charge in [0.2, 0.25) is 0 Å². The number of aromatic amines is 2. The van der Waals surface area contributed by atoms with E-state index in [1.807, 2.05) is 35.2 Å². The largest absolute Gasteiger partial charge is 0.494 e. The molecular formula is C50H54N8O7. The van der Waals surface area contributed by atoms with Gasteiger partial charge in [0, 0.05) is 36.8 Å². The number of nitrogens with one attached hydrogen (secondary N) is 3. The molecule has 15 heteroatoms. The zero-order valence-corrected chi connectivity index (χ0v) is 36.7. The number of amides is 3. The average molecular weight is 879 g/mol. The van der Waals surface area contributed by atoms with E-state index in [0.29, 0.717) is 57.0 Å². The van der Waals surface area contributed by atoms with Crippen molar-refractivity contribution in [2.75, 3.05) is 33.4 Å². The Labute approximate surface area is 376 Å². The maximum Gasteiger partial charge on any atom is 0.407 e. The van der Waals surface area contributed by atoms with Crippen molar-refractivity contribution in [2.45, 2.75) is 82.5 Å². The molecule has 2 aromatic heterocycles. The highest BCUT2D eigenvalue weighted by molar-refractivity contribution is 5.91. The number of imidazole rings is 2. The Kier molecular flexibility index (Phi) is 11.5. The van der Waals surface area contributed by atoms with E-state index in [9.17, 15) is 24.7 Å². The number of carbonyl (C=O) groups excluding carboxylic acids is 3. The smallest absolute Gasteiger partial charge is 0.407 e. The van der Waals surface area contributed by atoms with Crippen LogP contribution in [0.3, 0.4) is 0 Å². The predicted molar refractivity (Wildman–Crippen MR) is 239 cm³/mol. The van der Waals surface area contributed by atoms with Crippen molar-refractivity contribution in [1.82, 2.24) is 35.2 Å². The molecular weight excluding hydrogens is 825 g/mol. The van der Waals surface area contributed by atoms with E-state index in [1.54, 1.807) is 18.1 Å². The van der Waals surface area contributed by atoms with Gasteiger partial charge >= 0.3 is 12.2 Å². The van der Waals surface area contributed by atoms with E-state index in [4.69, 9.17) is 19.4 Å². The number of aromatic nitrogens is 4. The van der Waals surface area contributed by atoms with Crippen molar-refractivity contribution in [3.8, 4) is 33.6 Å². The first kappa shape index (κ1) is 42.6. The summed E-state index contributed by atoms with van der Waals surface area (Å²) in [7, 11) is 1.29. The second kappa shape index (κ2) is 17.5. The Balaban J connectivity index is 0.854. The molecule has 1 aliphatic carbocycles. The van der Waals surface area contributed by atoms with Crippen LogP contribution in [0.2, 0.25) is 0 Å². The summed E-state index contributed by atoms with van der Waals surface area (Å²) >= 11 is 0. The zero-order chi connectivity index (χ0) is 44.8. The molecule has 0 saturated carbocycles. The van der Waals surface area contributed by atoms with Crippen LogP contribution < -0.4 is 10.4 Å². The number of rotatable bonds is 10. The highest BCUT2D eigenvalue weighted by Crippen LogP contribution is 2.41. The number of carboxylic acid groups (broad SMARTS) is 1. The number of quaternary nitrogens is 1. The highest BCUT2D eigenvalue weighted by Gasteiger charge is 2.52. The Morgan fingerprint density at radius 2 is 1.57 bits per heavy atom. The van der Waals surface area contributed by atoms with E-state index >= 15 is 0 Å². The van der Waals surface area contributed by atoms with Gasteiger partial charge in [0.25, 0.3) is 5.91 Å². The molecule has 0 spiro atoms. The molecule has 65 heavy (non-hydrogen) atoms. The maximum absolute atomic E-state index is 14.1. The number of carbonyl (C=O) groups is 3. The predicted octanol–water partition coefficient (Wildman–Crippen LogP) is 7.56. The van der Waals surface area contributed by atoms with E-state index in [-0.39, 0.29) is 17.9 Å². The number of nitrogens with zero attached hydrogens (tertiary/aromatic N) is 5. The standard InChI is InChI=1S/C50H54N8O7/c1-30(31-20-24-65-25-21-31)58(63,50(61)62)57-23-7-11-43(57)46-51-29-41(53-46)38-15-14-34-26-33(12-13-35(34)28-38)36-16-18-39-37(27-36)17-19-40-45(39)54-47(52-40)42-10-6-22-56(42)48(59)44(55-49(60)64-2)32-8-4-3-5-9-32/h3-5,8-9,12-16,18,26-31,42-44,63H,6-7,10-11,17,19-25H2,1-2H3,(H3-,51,52,53,54,55,60,61,62). The summed E-state index contributed by atoms with van der Waals surface area (Å²) in [5.74, 6) is 1.17. The van der Waals surface area contributed by atoms with Crippen LogP contribution in [0.15, 0.2) is 91.1 Å². The zero-order valence-electron chi connectivity index (χ0n) is 36.7. The molecule has 3 amide bonds. The maximum atomic E-state index is 14.1. The van der Waals surface area contributed by atoms with Crippen LogP contribution in [-0.4, -0.2) is 97.4 Å². The first-order valence-corrected chi connectivity index (χ1v) is 22.8. The fourth-order valence-electron chi connectivity index (χ4n) is 10.7. The molecule has 5 atom stereocenters. The molecule has 3 aliphatic heterocycles. The summed E-state index contributed by atoms with van der Waals surface area (Å²) in [5.41, 5.74) is 9.02. The van der Waals surface area contributed by atoms with E-state index in [0.717, 1.165) is 88.0 Å². The molecule has 4 aromatic carbocycles. The summed E-state index contributed by atoms with van der Waals surface area (Å²) in [6.07, 6.45) is 5.57. The van der Waals surface area contributed by atoms with Crippen LogP contribution in [0.25, 0.3) is 44.4 Å². The SMILES string of the molecule is COC(=O)NC(C(=O)N1CCCC1c1nc2c([nH]1)-c1ccc(-c3ccc4cc(-c5cnc(C6CCCN6[N+](O)(C(=O)[O-])C(C)C6CCOCC6)[nH]5)ccc4c3)cc1CC2)c1ccccc1. The molecule has 3 saturated heterocycles. The summed E-state index contributed by atoms with van der Waals surface area (Å²) in [5, 5.41) is 31.0. The number of H-pyrrole nitrogens is 2. The number of methoxy groups -OCH3 is 1. The van der Waals surface area contributed by atoms with Gasteiger partial charge in [-0.25, -0.2) is 14.8 Å². The number of fused-ring (bicyclic) bond motifs is 4. The number of hydrogen-bond acceptors (Lipinski definition) is 10. The Morgan fingerprint density at radius 1 is 0.862 bits per heavy atom. The minimum absolute atomic E-state index is 0.0144. The van der Waals surface area contributed by atoms with Gasteiger partial charge in [-0.2, -0.15) is 5.21 Å². The van der Waals surface area contributed by atoms with Gasteiger partial charge in [0.05, 0.1) is 43.0 Å². The molecule has 4 N–H and O–H groups in total. The van der Waals surface area contributed by atoms with Gasteiger partial charge < -0.3 is 39.6 Å². The van der Waals surface area contributed by atoms with Crippen molar-refractivity contribution in [1.29, 1.82) is 0 Å². The van der Waals surface area contributed by atoms with Gasteiger partial charge in [-0.15, -0.1) is 5.01 Å². The first-order chi connectivity index (χ1) is 31.6. The molecule has 5 unspecified atom stereocenters. The lowest BCUT2D eigenvalue weighted by molar-refractivity contribution is -1.16. The van der Waals surface area contributed by atoms with Crippen molar-refractivity contribution in [3.63, 3.8) is 0 Å². The van der Waals surface area contributed by atoms with Gasteiger partial charge in [-0.3, -0.25) is 4.79 Å². The van der Waals surface area contributed by atoms with Crippen LogP contribution in [0.4, 0.5) is 9.59 Å². The number of alkyl carbamates (subject to hydrolysis) is 1. The number of hydrogen-bond donors (Lipinski definition) is 4. The number of likely N-dealkylation sites (tertiary alicyclic amines) is 1. The molecule has 10 rings (SSSR count). The molecule has 4 aliphatic rings. The van der Waals surface area contributed by atoms with E-state index < -0.39 is 35.1 Å². The summed E-state index contributed by atoms with van der Waals surface area (Å²) < 4.78 is 9.11. The van der Waals surface area contributed by atoms with E-state index in [1.165, 1.54) is 12.7 Å². The summed E-state index contributed by atoms with van der Waals surface area (Å²) in [4.78, 5) is 57.8. The van der Waals surface area contributed by atoms with Crippen molar-refractivity contribution in [2.24, 2.45) is 5.92 Å². The monoisotopic (exact) mass is 878 g/mol. The van der Waals surface area contributed by atoms with Gasteiger partial charge in [-0.05, 0) is 103 Å². The normalized spacial score (nSPS) is 20.8. The van der Waals surface area contributed by atoms with Crippen LogP contribution in [0.5, 0.6) is 0 Å². The van der Waals surface area contributed by atoms with Crippen LogP contribution in [0.1, 0.15) is 92.0 Å². The quantitative estimate of drug-likeness (QED) is 0.0607. The lowest BCUT2D eigenvalue weighted by Gasteiger charge is -2.45. The third-order valence-electron chi connectivity index (χ3n) is 14.3. The molecule has 3 fully saturated rings. The summed E-state index contributed by atoms with van der Waals surface area (Å²) in [6, 6.07) is 26.5. The highest BCUT2D eigenvalue weighted by atomic mass is 16.7. The number of ether oxygens (including phenoxy) is 2. The van der Waals surface area contributed by atoms with Gasteiger partial charge in [0.15, 0.2) is 0 Å². The van der Waals surface area contributed by atoms with Crippen LogP contribution >= 0.6 is 0 Å². The summed E-state index contributed by atoms with van der Waals surface area (Å²) in [6.45, 7) is 3.86. The topological polar surface area (TPSA) is 189 Å². The first-order valence-electron chi connectivity index (χ1n) is 22.8. The molecule has 336 valence electrons. The average Bonchev–Trinajstić information content (AvgIpc) is 4.19. The molecule has 0 radical (unpaired) electrons. The Morgan fingerprint density at radius 3 is 2.34 bits per heavy atom. The Bertz CT molecular complexity index is 2750. The lowest BCUT2D eigenvalue weighted by atomic mass is 9.89. The fraction of sp³-hybridized carbons (Fsp3) is 0.380. The molecule has 0 bridgehead atoms. The minimum Gasteiger partial charge on any atom is -0.494 e. The third kappa shape index (κ3) is 7.85. The Hall–Kier alpha value is -6.39. The number of benzene rings is 4. The molecule has 5 heterocycles. The minimum atomic E-state index is -1.53. The van der Waals surface area contributed by atoms with Crippen LogP contribution in [0, 0.1) is 5.92 Å². The van der Waals surface area contributed by atoms with Gasteiger partial charge in [0.1, 0.15) is 29.8 Å². The third-order valence-corrected chi connectivity index (χ3v) is 14.3. The second-order valence-corrected chi connectivity index (χ2v) is 17.9. The van der Waals surface area contributed by atoms with Crippen molar-refractivity contribution < 1.29 is 38.9 Å². The number of aryl methyl sites for hydroxylation is 2. The van der Waals surface area contributed by atoms with Crippen molar-refractivity contribution >= 4 is 28.9 Å². The van der Waals surface area contributed by atoms with Gasteiger partial charge in [-0.1, -0.05) is 77.6 Å². The van der Waals surface area contributed by atoms with E-state index in [2.05, 4.69) is 69.9 Å². The second-order valence-electron chi connectivity index (χ2n) is 17.9. The van der Waals surface area contributed by atoms with Crippen LogP contribution in [-0.2, 0) is 27.1 Å². The molecule has 15 nitrogen and oxygen atoms in total. The fourth-order valence-corrected chi connectivity index (χ4v) is 10.7. The molecule has 6 aromatic rings. The number of hydroxylamine groups is 2. The van der Waals surface area contributed by atoms with Crippen molar-refractivity contribution in [3.05, 3.63) is 120 Å². The lowest BCUT2D eigenvalue weighted by Crippen LogP contribution is -2.70.